The van der Waals surface area contributed by atoms with Crippen LogP contribution in [0.15, 0.2) is 41.8 Å². The van der Waals surface area contributed by atoms with Gasteiger partial charge in [0, 0.05) is 22.0 Å². The van der Waals surface area contributed by atoms with Gasteiger partial charge in [0.25, 0.3) is 5.91 Å². The Balaban J connectivity index is 1.95. The lowest BCUT2D eigenvalue weighted by Crippen LogP contribution is -2.29. The van der Waals surface area contributed by atoms with Crippen molar-refractivity contribution in [2.45, 2.75) is 13.0 Å². The van der Waals surface area contributed by atoms with E-state index < -0.39 is 0 Å². The van der Waals surface area contributed by atoms with Crippen molar-refractivity contribution in [1.82, 2.24) is 4.90 Å². The highest BCUT2D eigenvalue weighted by Crippen LogP contribution is 2.35. The zero-order valence-electron chi connectivity index (χ0n) is 11.9. The fourth-order valence-electron chi connectivity index (χ4n) is 2.28. The van der Waals surface area contributed by atoms with Gasteiger partial charge in [-0.15, -0.1) is 22.7 Å². The van der Waals surface area contributed by atoms with E-state index in [4.69, 9.17) is 5.73 Å². The molecule has 0 saturated heterocycles. The molecular weight excluding hydrogens is 300 g/mol. The number of rotatable bonds is 3. The van der Waals surface area contributed by atoms with E-state index in [2.05, 4.69) is 0 Å². The van der Waals surface area contributed by atoms with Crippen molar-refractivity contribution >= 4 is 44.4 Å². The predicted molar refractivity (Wildman–Crippen MR) is 91.1 cm³/mol. The van der Waals surface area contributed by atoms with Crippen molar-refractivity contribution in [3.63, 3.8) is 0 Å². The van der Waals surface area contributed by atoms with Gasteiger partial charge in [-0.3, -0.25) is 4.79 Å². The maximum absolute atomic E-state index is 12.7. The van der Waals surface area contributed by atoms with Crippen LogP contribution >= 0.6 is 22.7 Å². The number of benzene rings is 1. The molecule has 2 heterocycles. The maximum atomic E-state index is 12.7. The summed E-state index contributed by atoms with van der Waals surface area (Å²) in [6.07, 6.45) is 0. The van der Waals surface area contributed by atoms with E-state index in [1.807, 2.05) is 55.7 Å². The maximum Gasteiger partial charge on any atom is 0.266 e. The van der Waals surface area contributed by atoms with Crippen LogP contribution in [0, 0.1) is 0 Å². The molecule has 0 saturated carbocycles. The Bertz CT molecular complexity index is 777. The summed E-state index contributed by atoms with van der Waals surface area (Å²) in [5.74, 6) is -0.0189. The van der Waals surface area contributed by atoms with Gasteiger partial charge in [-0.05, 0) is 24.4 Å². The molecule has 108 valence electrons. The number of hydrogen-bond donors (Lipinski definition) is 1. The van der Waals surface area contributed by atoms with Gasteiger partial charge in [0.05, 0.1) is 11.7 Å². The molecule has 3 nitrogen and oxygen atoms in total. The minimum atomic E-state index is -0.0189. The van der Waals surface area contributed by atoms with Gasteiger partial charge >= 0.3 is 0 Å². The van der Waals surface area contributed by atoms with E-state index in [9.17, 15) is 4.79 Å². The van der Waals surface area contributed by atoms with Crippen molar-refractivity contribution in [3.8, 4) is 0 Å². The average molecular weight is 316 g/mol. The van der Waals surface area contributed by atoms with Crippen LogP contribution in [0.4, 0.5) is 5.69 Å². The summed E-state index contributed by atoms with van der Waals surface area (Å²) in [7, 11) is 1.83. The minimum Gasteiger partial charge on any atom is -0.397 e. The molecule has 3 rings (SSSR count). The number of nitrogen functional groups attached to an aromatic ring is 1. The fraction of sp³-hybridized carbons (Fsp3) is 0.188. The Kier molecular flexibility index (Phi) is 3.69. The predicted octanol–water partition coefficient (Wildman–Crippen LogP) is 4.38. The third-order valence-corrected chi connectivity index (χ3v) is 5.90. The Morgan fingerprint density at radius 1 is 1.24 bits per heavy atom. The molecular formula is C16H16N2OS2. The van der Waals surface area contributed by atoms with E-state index in [0.29, 0.717) is 10.6 Å². The zero-order chi connectivity index (χ0) is 15.0. The summed E-state index contributed by atoms with van der Waals surface area (Å²) >= 11 is 3.12. The first-order valence-electron chi connectivity index (χ1n) is 6.67. The molecule has 0 spiro atoms. The highest BCUT2D eigenvalue weighted by atomic mass is 32.1. The van der Waals surface area contributed by atoms with Crippen molar-refractivity contribution in [2.75, 3.05) is 12.8 Å². The lowest BCUT2D eigenvalue weighted by Gasteiger charge is -2.23. The van der Waals surface area contributed by atoms with Crippen LogP contribution in [0.25, 0.3) is 10.1 Å². The zero-order valence-corrected chi connectivity index (χ0v) is 13.5. The van der Waals surface area contributed by atoms with Gasteiger partial charge in [-0.2, -0.15) is 0 Å². The van der Waals surface area contributed by atoms with Crippen molar-refractivity contribution < 1.29 is 4.79 Å². The summed E-state index contributed by atoms with van der Waals surface area (Å²) in [6.45, 7) is 2.03. The van der Waals surface area contributed by atoms with E-state index in [-0.39, 0.29) is 11.9 Å². The molecule has 3 aromatic rings. The summed E-state index contributed by atoms with van der Waals surface area (Å²) < 4.78 is 1.05. The lowest BCUT2D eigenvalue weighted by atomic mass is 10.2. The number of carbonyl (C=O) groups is 1. The number of carbonyl (C=O) groups excluding carboxylic acids is 1. The molecule has 1 unspecified atom stereocenters. The molecule has 5 heteroatoms. The second-order valence-corrected chi connectivity index (χ2v) is 6.98. The van der Waals surface area contributed by atoms with Crippen LogP contribution in [-0.2, 0) is 0 Å². The Hall–Kier alpha value is -1.85. The van der Waals surface area contributed by atoms with Crippen molar-refractivity contribution in [1.29, 1.82) is 0 Å². The molecule has 0 fully saturated rings. The number of nitrogens with two attached hydrogens (primary N) is 1. The van der Waals surface area contributed by atoms with E-state index >= 15 is 0 Å². The van der Waals surface area contributed by atoms with Gasteiger partial charge < -0.3 is 10.6 Å². The second-order valence-electron chi connectivity index (χ2n) is 4.95. The highest BCUT2D eigenvalue weighted by molar-refractivity contribution is 7.21. The lowest BCUT2D eigenvalue weighted by molar-refractivity contribution is 0.0751. The fourth-order valence-corrected chi connectivity index (χ4v) is 4.21. The number of amides is 1. The molecule has 0 aliphatic carbocycles. The summed E-state index contributed by atoms with van der Waals surface area (Å²) in [5, 5.41) is 2.99. The van der Waals surface area contributed by atoms with Gasteiger partial charge in [0.1, 0.15) is 4.88 Å². The van der Waals surface area contributed by atoms with Gasteiger partial charge in [0.15, 0.2) is 0 Å². The number of anilines is 1. The van der Waals surface area contributed by atoms with Gasteiger partial charge in [-0.1, -0.05) is 24.3 Å². The average Bonchev–Trinajstić information content (AvgIpc) is 3.14. The second kappa shape index (κ2) is 5.50. The standard InChI is InChI=1S/C16H16N2OS2/c1-10(12-8-5-9-20-12)18(2)16(19)15-14(17)11-6-3-4-7-13(11)21-15/h3-10H,17H2,1-2H3. The van der Waals surface area contributed by atoms with E-state index in [1.54, 1.807) is 16.2 Å². The van der Waals surface area contributed by atoms with Gasteiger partial charge in [0.2, 0.25) is 0 Å². The smallest absolute Gasteiger partial charge is 0.266 e. The third-order valence-electron chi connectivity index (χ3n) is 3.68. The Morgan fingerprint density at radius 3 is 2.67 bits per heavy atom. The van der Waals surface area contributed by atoms with Crippen LogP contribution in [0.2, 0.25) is 0 Å². The minimum absolute atomic E-state index is 0.0189. The van der Waals surface area contributed by atoms with Crippen molar-refractivity contribution in [2.24, 2.45) is 0 Å². The summed E-state index contributed by atoms with van der Waals surface area (Å²) in [4.78, 5) is 16.3. The van der Waals surface area contributed by atoms with Crippen LogP contribution in [0.1, 0.15) is 27.5 Å². The molecule has 1 atom stereocenters. The molecule has 2 aromatic heterocycles. The summed E-state index contributed by atoms with van der Waals surface area (Å²) in [6, 6.07) is 12.0. The number of nitrogens with zero attached hydrogens (tertiary/aromatic N) is 1. The topological polar surface area (TPSA) is 46.3 Å². The molecule has 0 aliphatic rings. The van der Waals surface area contributed by atoms with Gasteiger partial charge in [-0.25, -0.2) is 0 Å². The SMILES string of the molecule is CC(c1cccs1)N(C)C(=O)c1sc2ccccc2c1N. The molecule has 0 radical (unpaired) electrons. The largest absolute Gasteiger partial charge is 0.397 e. The first-order valence-corrected chi connectivity index (χ1v) is 8.36. The molecule has 2 N–H and O–H groups in total. The van der Waals surface area contributed by atoms with Crippen LogP contribution in [0.3, 0.4) is 0 Å². The molecule has 21 heavy (non-hydrogen) atoms. The van der Waals surface area contributed by atoms with E-state index in [1.165, 1.54) is 16.2 Å². The highest BCUT2D eigenvalue weighted by Gasteiger charge is 2.24. The van der Waals surface area contributed by atoms with Crippen molar-refractivity contribution in [3.05, 3.63) is 51.5 Å². The molecule has 0 bridgehead atoms. The first kappa shape index (κ1) is 14.1. The third kappa shape index (κ3) is 2.43. The first-order chi connectivity index (χ1) is 10.1. The molecule has 0 aliphatic heterocycles. The molecule has 1 amide bonds. The quantitative estimate of drug-likeness (QED) is 0.779. The Labute approximate surface area is 131 Å². The number of fused-ring (bicyclic) bond motifs is 1. The van der Waals surface area contributed by atoms with Crippen LogP contribution in [0.5, 0.6) is 0 Å². The van der Waals surface area contributed by atoms with Crippen LogP contribution in [-0.4, -0.2) is 17.9 Å². The van der Waals surface area contributed by atoms with E-state index in [0.717, 1.165) is 10.1 Å². The van der Waals surface area contributed by atoms with Crippen LogP contribution < -0.4 is 5.73 Å². The molecule has 1 aromatic carbocycles. The Morgan fingerprint density at radius 2 is 2.00 bits per heavy atom. The monoisotopic (exact) mass is 316 g/mol. The normalized spacial score (nSPS) is 12.5. The number of hydrogen-bond acceptors (Lipinski definition) is 4. The number of thiophene rings is 2. The summed E-state index contributed by atoms with van der Waals surface area (Å²) in [5.41, 5.74) is 6.75.